The van der Waals surface area contributed by atoms with Crippen LogP contribution in [0.25, 0.3) is 11.3 Å². The molecule has 0 amide bonds. The number of halogens is 3. The van der Waals surface area contributed by atoms with Crippen LogP contribution in [0.15, 0.2) is 12.1 Å². The van der Waals surface area contributed by atoms with E-state index in [-0.39, 0.29) is 5.56 Å². The van der Waals surface area contributed by atoms with Crippen molar-refractivity contribution in [2.75, 3.05) is 0 Å². The second-order valence-corrected chi connectivity index (χ2v) is 4.24. The molecule has 0 atom stereocenters. The van der Waals surface area contributed by atoms with Crippen molar-refractivity contribution < 1.29 is 13.2 Å². The Balaban J connectivity index is 2.78. The van der Waals surface area contributed by atoms with Crippen molar-refractivity contribution in [2.45, 2.75) is 13.8 Å². The summed E-state index contributed by atoms with van der Waals surface area (Å²) < 4.78 is 40.1. The highest BCUT2D eigenvalue weighted by atomic mass is 32.1. The Morgan fingerprint density at radius 2 is 1.78 bits per heavy atom. The molecule has 0 aliphatic rings. The first-order valence-electron chi connectivity index (χ1n) is 5.13. The van der Waals surface area contributed by atoms with Crippen LogP contribution in [-0.4, -0.2) is 9.97 Å². The van der Waals surface area contributed by atoms with Crippen LogP contribution in [0.1, 0.15) is 11.4 Å². The van der Waals surface area contributed by atoms with Gasteiger partial charge in [0.05, 0.1) is 5.69 Å². The number of benzene rings is 1. The van der Waals surface area contributed by atoms with Gasteiger partial charge in [0.1, 0.15) is 10.5 Å². The zero-order valence-corrected chi connectivity index (χ0v) is 10.5. The molecule has 1 N–H and O–H groups in total. The van der Waals surface area contributed by atoms with Crippen molar-refractivity contribution in [1.82, 2.24) is 9.97 Å². The predicted molar refractivity (Wildman–Crippen MR) is 64.2 cm³/mol. The largest absolute Gasteiger partial charge is 0.343 e. The van der Waals surface area contributed by atoms with Crippen molar-refractivity contribution >= 4 is 12.2 Å². The highest BCUT2D eigenvalue weighted by Crippen LogP contribution is 2.27. The third-order valence-electron chi connectivity index (χ3n) is 2.58. The standard InChI is InChI=1S/C12H9F3N2S/c1-5-11(16-6(2)17-12(5)18)7-3-4-8(13)10(15)9(7)14/h3-4H,1-2H3,(H,16,17,18). The first-order valence-corrected chi connectivity index (χ1v) is 5.54. The van der Waals surface area contributed by atoms with E-state index in [1.165, 1.54) is 6.07 Å². The summed E-state index contributed by atoms with van der Waals surface area (Å²) in [6.45, 7) is 3.29. The molecule has 0 unspecified atom stereocenters. The molecule has 0 fully saturated rings. The smallest absolute Gasteiger partial charge is 0.195 e. The van der Waals surface area contributed by atoms with Gasteiger partial charge in [-0.1, -0.05) is 12.2 Å². The fourth-order valence-electron chi connectivity index (χ4n) is 1.63. The maximum absolute atomic E-state index is 13.7. The van der Waals surface area contributed by atoms with Crippen molar-refractivity contribution in [1.29, 1.82) is 0 Å². The van der Waals surface area contributed by atoms with Crippen LogP contribution in [0.5, 0.6) is 0 Å². The summed E-state index contributed by atoms with van der Waals surface area (Å²) in [4.78, 5) is 6.81. The lowest BCUT2D eigenvalue weighted by Gasteiger charge is -2.09. The molecule has 1 aromatic carbocycles. The Labute approximate surface area is 107 Å². The summed E-state index contributed by atoms with van der Waals surface area (Å²) in [6, 6.07) is 2.04. The molecule has 0 radical (unpaired) electrons. The minimum Gasteiger partial charge on any atom is -0.343 e. The summed E-state index contributed by atoms with van der Waals surface area (Å²) in [5, 5.41) is 0. The first-order chi connectivity index (χ1) is 8.41. The van der Waals surface area contributed by atoms with Gasteiger partial charge in [0.2, 0.25) is 0 Å². The van der Waals surface area contributed by atoms with Gasteiger partial charge in [-0.25, -0.2) is 18.2 Å². The van der Waals surface area contributed by atoms with E-state index in [1.54, 1.807) is 13.8 Å². The lowest BCUT2D eigenvalue weighted by atomic mass is 10.1. The van der Waals surface area contributed by atoms with Gasteiger partial charge in [0.25, 0.3) is 0 Å². The Hall–Kier alpha value is -1.69. The number of aromatic nitrogens is 2. The molecule has 0 saturated heterocycles. The second-order valence-electron chi connectivity index (χ2n) is 3.85. The van der Waals surface area contributed by atoms with Crippen LogP contribution < -0.4 is 0 Å². The van der Waals surface area contributed by atoms with Crippen LogP contribution in [0.2, 0.25) is 0 Å². The Bertz CT molecular complexity index is 680. The molecular weight excluding hydrogens is 261 g/mol. The minimum absolute atomic E-state index is 0.0667. The average Bonchev–Trinajstić information content (AvgIpc) is 2.31. The van der Waals surface area contributed by atoms with Crippen LogP contribution >= 0.6 is 12.2 Å². The Morgan fingerprint density at radius 3 is 2.44 bits per heavy atom. The number of H-pyrrole nitrogens is 1. The molecule has 6 heteroatoms. The number of aryl methyl sites for hydroxylation is 1. The molecule has 2 aromatic rings. The number of hydrogen-bond acceptors (Lipinski definition) is 2. The van der Waals surface area contributed by atoms with E-state index in [0.717, 1.165) is 6.07 Å². The maximum atomic E-state index is 13.7. The van der Waals surface area contributed by atoms with Crippen molar-refractivity contribution in [3.63, 3.8) is 0 Å². The molecule has 0 bridgehead atoms. The van der Waals surface area contributed by atoms with Crippen molar-refractivity contribution in [3.05, 3.63) is 45.6 Å². The van der Waals surface area contributed by atoms with E-state index >= 15 is 0 Å². The molecule has 0 saturated carbocycles. The van der Waals surface area contributed by atoms with Gasteiger partial charge >= 0.3 is 0 Å². The SMILES string of the molecule is Cc1nc(=S)c(C)c(-c2ccc(F)c(F)c2F)[nH]1. The quantitative estimate of drug-likeness (QED) is 0.630. The number of hydrogen-bond donors (Lipinski definition) is 1. The zero-order valence-electron chi connectivity index (χ0n) is 9.64. The van der Waals surface area contributed by atoms with Gasteiger partial charge in [-0.2, -0.15) is 0 Å². The van der Waals surface area contributed by atoms with E-state index in [9.17, 15) is 13.2 Å². The van der Waals surface area contributed by atoms with Gasteiger partial charge in [-0.05, 0) is 26.0 Å². The van der Waals surface area contributed by atoms with E-state index in [2.05, 4.69) is 9.97 Å². The van der Waals surface area contributed by atoms with E-state index in [4.69, 9.17) is 12.2 Å². The summed E-state index contributed by atoms with van der Waals surface area (Å²) in [5.41, 5.74) is 0.757. The van der Waals surface area contributed by atoms with Gasteiger partial charge in [0.15, 0.2) is 17.5 Å². The fourth-order valence-corrected chi connectivity index (χ4v) is 1.87. The van der Waals surface area contributed by atoms with Crippen LogP contribution in [0.3, 0.4) is 0 Å². The zero-order chi connectivity index (χ0) is 13.4. The van der Waals surface area contributed by atoms with Gasteiger partial charge in [-0.3, -0.25) is 0 Å². The Kier molecular flexibility index (Phi) is 3.21. The van der Waals surface area contributed by atoms with Crippen LogP contribution in [0.4, 0.5) is 13.2 Å². The maximum Gasteiger partial charge on any atom is 0.195 e. The van der Waals surface area contributed by atoms with E-state index in [0.29, 0.717) is 21.7 Å². The molecule has 94 valence electrons. The van der Waals surface area contributed by atoms with Crippen LogP contribution in [-0.2, 0) is 0 Å². The minimum atomic E-state index is -1.50. The topological polar surface area (TPSA) is 28.7 Å². The normalized spacial score (nSPS) is 10.7. The van der Waals surface area contributed by atoms with Crippen LogP contribution in [0, 0.1) is 35.9 Å². The summed E-state index contributed by atoms with van der Waals surface area (Å²) >= 11 is 5.01. The van der Waals surface area contributed by atoms with Gasteiger partial charge in [0, 0.05) is 11.1 Å². The lowest BCUT2D eigenvalue weighted by molar-refractivity contribution is 0.448. The number of nitrogens with zero attached hydrogens (tertiary/aromatic N) is 1. The monoisotopic (exact) mass is 270 g/mol. The highest BCUT2D eigenvalue weighted by molar-refractivity contribution is 7.71. The third-order valence-corrected chi connectivity index (χ3v) is 2.97. The molecule has 1 heterocycles. The average molecular weight is 270 g/mol. The third kappa shape index (κ3) is 2.03. The van der Waals surface area contributed by atoms with E-state index < -0.39 is 17.5 Å². The van der Waals surface area contributed by atoms with Crippen molar-refractivity contribution in [3.8, 4) is 11.3 Å². The fraction of sp³-hybridized carbons (Fsp3) is 0.167. The summed E-state index contributed by atoms with van der Waals surface area (Å²) in [5.74, 6) is -3.49. The molecular formula is C12H9F3N2S. The molecule has 1 aromatic heterocycles. The molecule has 0 spiro atoms. The van der Waals surface area contributed by atoms with Gasteiger partial charge in [-0.15, -0.1) is 0 Å². The Morgan fingerprint density at radius 1 is 1.11 bits per heavy atom. The summed E-state index contributed by atoms with van der Waals surface area (Å²) in [6.07, 6.45) is 0. The predicted octanol–water partition coefficient (Wildman–Crippen LogP) is 3.84. The molecule has 0 aliphatic heterocycles. The van der Waals surface area contributed by atoms with E-state index in [1.807, 2.05) is 0 Å². The molecule has 2 rings (SSSR count). The second kappa shape index (κ2) is 4.53. The summed E-state index contributed by atoms with van der Waals surface area (Å²) in [7, 11) is 0. The number of aromatic amines is 1. The molecule has 2 nitrogen and oxygen atoms in total. The number of nitrogens with one attached hydrogen (secondary N) is 1. The van der Waals surface area contributed by atoms with Gasteiger partial charge < -0.3 is 4.98 Å². The molecule has 18 heavy (non-hydrogen) atoms. The first kappa shape index (κ1) is 12.8. The lowest BCUT2D eigenvalue weighted by Crippen LogP contribution is -2.00. The number of rotatable bonds is 1. The van der Waals surface area contributed by atoms with Crippen molar-refractivity contribution in [2.24, 2.45) is 0 Å². The molecule has 0 aliphatic carbocycles. The highest BCUT2D eigenvalue weighted by Gasteiger charge is 2.17.